The third-order valence-corrected chi connectivity index (χ3v) is 5.72. The molecule has 0 spiro atoms. The van der Waals surface area contributed by atoms with Crippen molar-refractivity contribution >= 4 is 32.2 Å². The monoisotopic (exact) mass is 303 g/mol. The topological polar surface area (TPSA) is 54.5 Å². The molecule has 1 heterocycles. The number of amides is 1. The Balaban J connectivity index is 1.87. The average molecular weight is 303 g/mol. The van der Waals surface area contributed by atoms with Gasteiger partial charge < -0.3 is 4.90 Å². The van der Waals surface area contributed by atoms with E-state index in [1.165, 1.54) is 0 Å². The van der Waals surface area contributed by atoms with Crippen LogP contribution in [0.2, 0.25) is 0 Å². The molecule has 3 rings (SSSR count). The summed E-state index contributed by atoms with van der Waals surface area (Å²) in [6, 6.07) is 11.5. The van der Waals surface area contributed by atoms with Gasteiger partial charge in [0.15, 0.2) is 0 Å². The zero-order valence-electron chi connectivity index (χ0n) is 11.9. The molecule has 0 bridgehead atoms. The molecule has 0 aromatic heterocycles. The van der Waals surface area contributed by atoms with Gasteiger partial charge in [-0.3, -0.25) is 4.79 Å². The van der Waals surface area contributed by atoms with Gasteiger partial charge in [-0.15, -0.1) is 0 Å². The summed E-state index contributed by atoms with van der Waals surface area (Å²) in [4.78, 5) is 14.2. The van der Waals surface area contributed by atoms with E-state index in [-0.39, 0.29) is 17.4 Å². The molecule has 0 saturated heterocycles. The van der Waals surface area contributed by atoms with Crippen LogP contribution in [0.15, 0.2) is 36.4 Å². The minimum absolute atomic E-state index is 0.0318. The van der Waals surface area contributed by atoms with Crippen molar-refractivity contribution in [1.82, 2.24) is 0 Å². The van der Waals surface area contributed by atoms with Crippen LogP contribution >= 0.6 is 0 Å². The van der Waals surface area contributed by atoms with Crippen LogP contribution in [-0.2, 0) is 9.84 Å². The summed E-state index contributed by atoms with van der Waals surface area (Å²) in [5.41, 5.74) is 1.60. The summed E-state index contributed by atoms with van der Waals surface area (Å²) in [5.74, 6) is 0.242. The van der Waals surface area contributed by atoms with Crippen molar-refractivity contribution < 1.29 is 13.2 Å². The van der Waals surface area contributed by atoms with Gasteiger partial charge in [0.1, 0.15) is 9.84 Å². The molecule has 1 aliphatic rings. The molecule has 0 atom stereocenters. The van der Waals surface area contributed by atoms with Gasteiger partial charge >= 0.3 is 0 Å². The molecule has 0 saturated carbocycles. The van der Waals surface area contributed by atoms with Gasteiger partial charge in [-0.1, -0.05) is 31.2 Å². The van der Waals surface area contributed by atoms with Crippen LogP contribution in [0.3, 0.4) is 0 Å². The molecule has 0 radical (unpaired) electrons. The van der Waals surface area contributed by atoms with Gasteiger partial charge in [-0.2, -0.15) is 0 Å². The van der Waals surface area contributed by atoms with Crippen LogP contribution in [0.25, 0.3) is 10.8 Å². The van der Waals surface area contributed by atoms with Gasteiger partial charge in [-0.05, 0) is 23.9 Å². The van der Waals surface area contributed by atoms with Crippen molar-refractivity contribution in [3.8, 4) is 0 Å². The summed E-state index contributed by atoms with van der Waals surface area (Å²) < 4.78 is 23.1. The zero-order valence-corrected chi connectivity index (χ0v) is 12.7. The molecule has 0 fully saturated rings. The summed E-state index contributed by atoms with van der Waals surface area (Å²) in [5, 5.41) is 2.02. The fourth-order valence-electron chi connectivity index (χ4n) is 2.79. The minimum atomic E-state index is -2.99. The number of carbonyl (C=O) groups is 1. The van der Waals surface area contributed by atoms with Crippen LogP contribution < -0.4 is 4.90 Å². The van der Waals surface area contributed by atoms with Gasteiger partial charge in [0, 0.05) is 23.2 Å². The van der Waals surface area contributed by atoms with Crippen LogP contribution in [0.1, 0.15) is 23.7 Å². The third-order valence-electron chi connectivity index (χ3n) is 3.93. The smallest absolute Gasteiger partial charge is 0.258 e. The maximum absolute atomic E-state index is 12.5. The van der Waals surface area contributed by atoms with Crippen LogP contribution in [0, 0.1) is 0 Å². The summed E-state index contributed by atoms with van der Waals surface area (Å²) >= 11 is 0. The molecular weight excluding hydrogens is 286 g/mol. The first-order chi connectivity index (χ1) is 10.0. The summed E-state index contributed by atoms with van der Waals surface area (Å²) in [6.07, 6.45) is 0.465. The number of nitrogens with zero attached hydrogens (tertiary/aromatic N) is 1. The highest BCUT2D eigenvalue weighted by atomic mass is 32.2. The average Bonchev–Trinajstić information content (AvgIpc) is 2.75. The van der Waals surface area contributed by atoms with Crippen molar-refractivity contribution in [1.29, 1.82) is 0 Å². The fraction of sp³-hybridized carbons (Fsp3) is 0.312. The lowest BCUT2D eigenvalue weighted by Gasteiger charge is -2.17. The first-order valence-electron chi connectivity index (χ1n) is 7.07. The minimum Gasteiger partial charge on any atom is -0.308 e. The number of benzene rings is 2. The van der Waals surface area contributed by atoms with E-state index in [1.54, 1.807) is 11.8 Å². The Morgan fingerprint density at radius 1 is 1.10 bits per heavy atom. The third kappa shape index (κ3) is 2.42. The van der Waals surface area contributed by atoms with Crippen molar-refractivity contribution in [2.75, 3.05) is 23.0 Å². The molecule has 2 aromatic rings. The Labute approximate surface area is 124 Å². The molecule has 21 heavy (non-hydrogen) atoms. The van der Waals surface area contributed by atoms with Gasteiger partial charge in [0.2, 0.25) is 0 Å². The van der Waals surface area contributed by atoms with E-state index in [0.29, 0.717) is 18.5 Å². The van der Waals surface area contributed by atoms with E-state index in [4.69, 9.17) is 0 Å². The number of hydrogen-bond donors (Lipinski definition) is 0. The highest BCUT2D eigenvalue weighted by Gasteiger charge is 2.29. The second kappa shape index (κ2) is 5.15. The standard InChI is InChI=1S/C16H17NO3S/c1-2-21(19,20)11-5-10-17-14-9-4-7-12-6-3-8-13(15(12)14)16(17)18/h3-4,6-9H,2,5,10-11H2,1H3. The largest absolute Gasteiger partial charge is 0.308 e. The number of anilines is 1. The maximum atomic E-state index is 12.5. The SMILES string of the molecule is CCS(=O)(=O)CCCN1C(=O)c2cccc3cccc1c23. The fourth-order valence-corrected chi connectivity index (χ4v) is 3.65. The lowest BCUT2D eigenvalue weighted by Crippen LogP contribution is -2.29. The van der Waals surface area contributed by atoms with Crippen LogP contribution in [0.5, 0.6) is 0 Å². The molecule has 5 heteroatoms. The molecule has 1 amide bonds. The summed E-state index contributed by atoms with van der Waals surface area (Å²) in [6.45, 7) is 2.08. The van der Waals surface area contributed by atoms with Gasteiger partial charge in [-0.25, -0.2) is 8.42 Å². The summed E-state index contributed by atoms with van der Waals surface area (Å²) in [7, 11) is -2.99. The highest BCUT2D eigenvalue weighted by Crippen LogP contribution is 2.37. The molecule has 110 valence electrons. The highest BCUT2D eigenvalue weighted by molar-refractivity contribution is 7.91. The quantitative estimate of drug-likeness (QED) is 0.853. The van der Waals surface area contributed by atoms with E-state index in [2.05, 4.69) is 0 Å². The Hall–Kier alpha value is -1.88. The van der Waals surface area contributed by atoms with E-state index < -0.39 is 9.84 Å². The van der Waals surface area contributed by atoms with E-state index in [0.717, 1.165) is 16.5 Å². The maximum Gasteiger partial charge on any atom is 0.258 e. The van der Waals surface area contributed by atoms with Crippen molar-refractivity contribution in [3.05, 3.63) is 42.0 Å². The van der Waals surface area contributed by atoms with Crippen molar-refractivity contribution in [2.45, 2.75) is 13.3 Å². The first kappa shape index (κ1) is 14.1. The predicted molar refractivity (Wildman–Crippen MR) is 84.6 cm³/mol. The van der Waals surface area contributed by atoms with Crippen LogP contribution in [-0.4, -0.2) is 32.4 Å². The van der Waals surface area contributed by atoms with Crippen LogP contribution in [0.4, 0.5) is 5.69 Å². The van der Waals surface area contributed by atoms with Gasteiger partial charge in [0.05, 0.1) is 11.4 Å². The van der Waals surface area contributed by atoms with E-state index in [9.17, 15) is 13.2 Å². The van der Waals surface area contributed by atoms with Gasteiger partial charge in [0.25, 0.3) is 5.91 Å². The van der Waals surface area contributed by atoms with E-state index >= 15 is 0 Å². The number of rotatable bonds is 5. The lowest BCUT2D eigenvalue weighted by molar-refractivity contribution is 0.0993. The molecule has 2 aromatic carbocycles. The Kier molecular flexibility index (Phi) is 3.45. The molecule has 0 N–H and O–H groups in total. The molecule has 4 nitrogen and oxygen atoms in total. The Bertz CT molecular complexity index is 806. The number of sulfone groups is 1. The number of carbonyl (C=O) groups excluding carboxylic acids is 1. The Morgan fingerprint density at radius 3 is 2.52 bits per heavy atom. The van der Waals surface area contributed by atoms with E-state index in [1.807, 2.05) is 36.4 Å². The zero-order chi connectivity index (χ0) is 15.0. The second-order valence-corrected chi connectivity index (χ2v) is 7.70. The lowest BCUT2D eigenvalue weighted by atomic mass is 10.1. The first-order valence-corrected chi connectivity index (χ1v) is 8.89. The molecule has 0 unspecified atom stereocenters. The normalized spacial score (nSPS) is 14.1. The van der Waals surface area contributed by atoms with Crippen molar-refractivity contribution in [3.63, 3.8) is 0 Å². The second-order valence-electron chi connectivity index (χ2n) is 5.23. The molecule has 1 aliphatic heterocycles. The Morgan fingerprint density at radius 2 is 1.81 bits per heavy atom. The van der Waals surface area contributed by atoms with Crippen molar-refractivity contribution in [2.24, 2.45) is 0 Å². The molecular formula is C16H17NO3S. The number of hydrogen-bond acceptors (Lipinski definition) is 3. The molecule has 0 aliphatic carbocycles. The predicted octanol–water partition coefficient (Wildman–Crippen LogP) is 2.62.